The Balaban J connectivity index is 2.60. The van der Waals surface area contributed by atoms with Crippen LogP contribution in [0.1, 0.15) is 0 Å². The fraction of sp³-hybridized carbons (Fsp3) is 0.200. The number of hydrogen-bond donors (Lipinski definition) is 1. The summed E-state index contributed by atoms with van der Waals surface area (Å²) in [5, 5.41) is 0. The molecule has 0 aliphatic rings. The van der Waals surface area contributed by atoms with Gasteiger partial charge in [-0.15, -0.1) is 0 Å². The molecule has 0 spiro atoms. The molecule has 0 N–H and O–H groups in total. The number of ether oxygens (including phenoxy) is 1. The molecule has 0 aliphatic heterocycles. The Labute approximate surface area is 96.5 Å². The highest BCUT2D eigenvalue weighted by atomic mass is 79.9. The molecule has 0 saturated heterocycles. The predicted molar refractivity (Wildman–Crippen MR) is 62.6 cm³/mol. The molecule has 0 aromatic heterocycles. The van der Waals surface area contributed by atoms with Crippen LogP contribution in [0.4, 0.5) is 4.39 Å². The number of benzene rings is 1. The van der Waals surface area contributed by atoms with Crippen LogP contribution in [0.5, 0.6) is 5.75 Å². The summed E-state index contributed by atoms with van der Waals surface area (Å²) in [4.78, 5) is 0. The van der Waals surface area contributed by atoms with Crippen molar-refractivity contribution in [2.24, 2.45) is 0 Å². The molecule has 0 unspecified atom stereocenters. The molecular formula is C10H10BrFOS. The lowest BCUT2D eigenvalue weighted by Gasteiger charge is -2.07. The molecule has 1 nitrogen and oxygen atoms in total. The normalized spacial score (nSPS) is 9.93. The molecule has 4 heteroatoms. The molecule has 0 fully saturated rings. The van der Waals surface area contributed by atoms with Gasteiger partial charge in [-0.2, -0.15) is 12.6 Å². The van der Waals surface area contributed by atoms with Gasteiger partial charge in [0.15, 0.2) is 0 Å². The van der Waals surface area contributed by atoms with Gasteiger partial charge in [-0.05, 0) is 39.7 Å². The quantitative estimate of drug-likeness (QED) is 0.655. The predicted octanol–water partition coefficient (Wildman–Crippen LogP) is 3.45. The number of thiol groups is 1. The summed E-state index contributed by atoms with van der Waals surface area (Å²) in [7, 11) is 0. The van der Waals surface area contributed by atoms with Crippen molar-refractivity contribution in [3.8, 4) is 5.75 Å². The minimum Gasteiger partial charge on any atom is -0.489 e. The van der Waals surface area contributed by atoms with Gasteiger partial charge in [-0.1, -0.05) is 6.58 Å². The summed E-state index contributed by atoms with van der Waals surface area (Å²) >= 11 is 7.13. The van der Waals surface area contributed by atoms with E-state index in [1.54, 1.807) is 12.1 Å². The highest BCUT2D eigenvalue weighted by Gasteiger charge is 2.01. The summed E-state index contributed by atoms with van der Waals surface area (Å²) < 4.78 is 18.6. The number of halogens is 2. The van der Waals surface area contributed by atoms with E-state index >= 15 is 0 Å². The molecule has 14 heavy (non-hydrogen) atoms. The molecule has 0 atom stereocenters. The molecule has 1 rings (SSSR count). The molecule has 1 aromatic carbocycles. The van der Waals surface area contributed by atoms with E-state index in [4.69, 9.17) is 4.74 Å². The Morgan fingerprint density at radius 1 is 1.57 bits per heavy atom. The second-order valence-corrected chi connectivity index (χ2v) is 3.94. The van der Waals surface area contributed by atoms with Crippen LogP contribution in [0.25, 0.3) is 0 Å². The van der Waals surface area contributed by atoms with Gasteiger partial charge < -0.3 is 4.74 Å². The van der Waals surface area contributed by atoms with Crippen molar-refractivity contribution < 1.29 is 9.13 Å². The van der Waals surface area contributed by atoms with Crippen LogP contribution in [-0.2, 0) is 0 Å². The first kappa shape index (κ1) is 11.6. The first-order valence-electron chi connectivity index (χ1n) is 3.99. The topological polar surface area (TPSA) is 9.23 Å². The second-order valence-electron chi connectivity index (χ2n) is 2.77. The lowest BCUT2D eigenvalue weighted by atomic mass is 10.3. The fourth-order valence-corrected chi connectivity index (χ4v) is 1.25. The highest BCUT2D eigenvalue weighted by molar-refractivity contribution is 9.10. The minimum atomic E-state index is -0.301. The Bertz CT molecular complexity index is 341. The van der Waals surface area contributed by atoms with E-state index < -0.39 is 0 Å². The summed E-state index contributed by atoms with van der Waals surface area (Å²) in [6.07, 6.45) is 0. The standard InChI is InChI=1S/C10H10BrFOS/c1-7(6-14)5-13-8-2-3-10(12)9(11)4-8/h2-4,14H,1,5-6H2. The molecule has 0 heterocycles. The SMILES string of the molecule is C=C(CS)COc1ccc(F)c(Br)c1. The van der Waals surface area contributed by atoms with E-state index in [0.717, 1.165) is 5.57 Å². The largest absolute Gasteiger partial charge is 0.489 e. The zero-order chi connectivity index (χ0) is 10.6. The van der Waals surface area contributed by atoms with Crippen molar-refractivity contribution >= 4 is 28.6 Å². The zero-order valence-electron chi connectivity index (χ0n) is 7.46. The van der Waals surface area contributed by atoms with Crippen molar-refractivity contribution in [2.45, 2.75) is 0 Å². The van der Waals surface area contributed by atoms with Gasteiger partial charge in [0.2, 0.25) is 0 Å². The van der Waals surface area contributed by atoms with Crippen LogP contribution in [0, 0.1) is 5.82 Å². The maximum atomic E-state index is 12.8. The van der Waals surface area contributed by atoms with Crippen molar-refractivity contribution in [2.75, 3.05) is 12.4 Å². The van der Waals surface area contributed by atoms with E-state index in [1.807, 2.05) is 0 Å². The Morgan fingerprint density at radius 3 is 2.86 bits per heavy atom. The molecule has 0 bridgehead atoms. The third-order valence-corrected chi connectivity index (χ3v) is 2.61. The number of hydrogen-bond acceptors (Lipinski definition) is 2. The first-order valence-corrected chi connectivity index (χ1v) is 5.41. The van der Waals surface area contributed by atoms with Crippen LogP contribution in [0.3, 0.4) is 0 Å². The molecule has 0 saturated carbocycles. The average molecular weight is 277 g/mol. The lowest BCUT2D eigenvalue weighted by Crippen LogP contribution is -2.01. The van der Waals surface area contributed by atoms with E-state index in [0.29, 0.717) is 22.6 Å². The zero-order valence-corrected chi connectivity index (χ0v) is 9.95. The minimum absolute atomic E-state index is 0.301. The third-order valence-electron chi connectivity index (χ3n) is 1.56. The maximum Gasteiger partial charge on any atom is 0.137 e. The van der Waals surface area contributed by atoms with E-state index in [9.17, 15) is 4.39 Å². The summed E-state index contributed by atoms with van der Waals surface area (Å²) in [6, 6.07) is 4.51. The van der Waals surface area contributed by atoms with Gasteiger partial charge in [0.25, 0.3) is 0 Å². The van der Waals surface area contributed by atoms with Gasteiger partial charge in [-0.3, -0.25) is 0 Å². The van der Waals surface area contributed by atoms with Crippen LogP contribution in [0.2, 0.25) is 0 Å². The van der Waals surface area contributed by atoms with Crippen LogP contribution < -0.4 is 4.74 Å². The molecular weight excluding hydrogens is 267 g/mol. The van der Waals surface area contributed by atoms with Crippen molar-refractivity contribution in [1.82, 2.24) is 0 Å². The van der Waals surface area contributed by atoms with Crippen LogP contribution in [-0.4, -0.2) is 12.4 Å². The van der Waals surface area contributed by atoms with Crippen LogP contribution >= 0.6 is 28.6 Å². The smallest absolute Gasteiger partial charge is 0.137 e. The highest BCUT2D eigenvalue weighted by Crippen LogP contribution is 2.21. The Hall–Kier alpha value is -0.480. The van der Waals surface area contributed by atoms with Gasteiger partial charge >= 0.3 is 0 Å². The monoisotopic (exact) mass is 276 g/mol. The average Bonchev–Trinajstić information content (AvgIpc) is 2.19. The van der Waals surface area contributed by atoms with Gasteiger partial charge in [0.1, 0.15) is 18.2 Å². The second kappa shape index (κ2) is 5.41. The summed E-state index contributed by atoms with van der Waals surface area (Å²) in [5.74, 6) is 0.897. The first-order chi connectivity index (χ1) is 6.63. The fourth-order valence-electron chi connectivity index (χ4n) is 0.798. The van der Waals surface area contributed by atoms with Gasteiger partial charge in [-0.25, -0.2) is 4.39 Å². The molecule has 0 amide bonds. The Kier molecular flexibility index (Phi) is 4.48. The molecule has 0 aliphatic carbocycles. The number of rotatable bonds is 4. The summed E-state index contributed by atoms with van der Waals surface area (Å²) in [5.41, 5.74) is 0.883. The van der Waals surface area contributed by atoms with E-state index in [1.165, 1.54) is 6.07 Å². The maximum absolute atomic E-state index is 12.8. The third kappa shape index (κ3) is 3.35. The van der Waals surface area contributed by atoms with E-state index in [2.05, 4.69) is 35.1 Å². The lowest BCUT2D eigenvalue weighted by molar-refractivity contribution is 0.352. The van der Waals surface area contributed by atoms with E-state index in [-0.39, 0.29) is 5.82 Å². The van der Waals surface area contributed by atoms with Crippen molar-refractivity contribution in [1.29, 1.82) is 0 Å². The molecule has 76 valence electrons. The van der Waals surface area contributed by atoms with Gasteiger partial charge in [0, 0.05) is 5.75 Å². The molecule has 1 aromatic rings. The van der Waals surface area contributed by atoms with Crippen molar-refractivity contribution in [3.05, 3.63) is 40.6 Å². The Morgan fingerprint density at radius 2 is 2.29 bits per heavy atom. The van der Waals surface area contributed by atoms with Crippen molar-refractivity contribution in [3.63, 3.8) is 0 Å². The molecule has 0 radical (unpaired) electrons. The van der Waals surface area contributed by atoms with Crippen LogP contribution in [0.15, 0.2) is 34.8 Å². The summed E-state index contributed by atoms with van der Waals surface area (Å²) in [6.45, 7) is 4.15. The van der Waals surface area contributed by atoms with Gasteiger partial charge in [0.05, 0.1) is 4.47 Å².